The molecule has 0 saturated carbocycles. The van der Waals surface area contributed by atoms with Crippen molar-refractivity contribution in [3.05, 3.63) is 53.6 Å². The first-order valence-electron chi connectivity index (χ1n) is 7.60. The fraction of sp³-hybridized carbons (Fsp3) is 0.235. The van der Waals surface area contributed by atoms with E-state index in [0.717, 1.165) is 11.8 Å². The molecule has 1 unspecified atom stereocenters. The second kappa shape index (κ2) is 6.64. The molecule has 0 radical (unpaired) electrons. The highest BCUT2D eigenvalue weighted by molar-refractivity contribution is 7.92. The van der Waals surface area contributed by atoms with E-state index < -0.39 is 10.0 Å². The fourth-order valence-corrected chi connectivity index (χ4v) is 3.04. The van der Waals surface area contributed by atoms with E-state index >= 15 is 0 Å². The molecular formula is C17H18N2O5S. The molecule has 2 aromatic rings. The van der Waals surface area contributed by atoms with Crippen molar-refractivity contribution >= 4 is 21.6 Å². The SMILES string of the molecule is CC(NC(=O)c1cccc(NS(C)(=O)=O)c1)c1ccc2c(c1)OCO2. The lowest BCUT2D eigenvalue weighted by Crippen LogP contribution is -2.26. The van der Waals surface area contributed by atoms with E-state index in [1.54, 1.807) is 24.3 Å². The third-order valence-corrected chi connectivity index (χ3v) is 4.28. The van der Waals surface area contributed by atoms with Crippen molar-refractivity contribution in [3.63, 3.8) is 0 Å². The maximum Gasteiger partial charge on any atom is 0.251 e. The molecule has 0 fully saturated rings. The molecule has 2 N–H and O–H groups in total. The Morgan fingerprint density at radius 3 is 2.64 bits per heavy atom. The molecule has 0 spiro atoms. The van der Waals surface area contributed by atoms with Crippen LogP contribution >= 0.6 is 0 Å². The summed E-state index contributed by atoms with van der Waals surface area (Å²) in [6, 6.07) is 11.5. The van der Waals surface area contributed by atoms with E-state index in [2.05, 4.69) is 10.0 Å². The van der Waals surface area contributed by atoms with Crippen LogP contribution in [-0.4, -0.2) is 27.4 Å². The molecule has 2 aromatic carbocycles. The van der Waals surface area contributed by atoms with Gasteiger partial charge in [0.1, 0.15) is 0 Å². The Hall–Kier alpha value is -2.74. The number of fused-ring (bicyclic) bond motifs is 1. The number of hydrogen-bond acceptors (Lipinski definition) is 5. The van der Waals surface area contributed by atoms with Crippen LogP contribution in [0.5, 0.6) is 11.5 Å². The van der Waals surface area contributed by atoms with Gasteiger partial charge in [-0.25, -0.2) is 8.42 Å². The number of rotatable bonds is 5. The van der Waals surface area contributed by atoms with Gasteiger partial charge in [-0.2, -0.15) is 0 Å². The molecule has 8 heteroatoms. The Bertz CT molecular complexity index is 911. The van der Waals surface area contributed by atoms with E-state index in [1.165, 1.54) is 6.07 Å². The Balaban J connectivity index is 1.72. The highest BCUT2D eigenvalue weighted by Crippen LogP contribution is 2.34. The minimum atomic E-state index is -3.40. The predicted octanol–water partition coefficient (Wildman–Crippen LogP) is 2.28. The summed E-state index contributed by atoms with van der Waals surface area (Å²) < 4.78 is 35.6. The summed E-state index contributed by atoms with van der Waals surface area (Å²) in [6.45, 7) is 2.05. The van der Waals surface area contributed by atoms with Gasteiger partial charge < -0.3 is 14.8 Å². The van der Waals surface area contributed by atoms with Gasteiger partial charge in [0.2, 0.25) is 16.8 Å². The summed E-state index contributed by atoms with van der Waals surface area (Å²) in [5.41, 5.74) is 1.58. The van der Waals surface area contributed by atoms with Crippen LogP contribution in [0.15, 0.2) is 42.5 Å². The van der Waals surface area contributed by atoms with Crippen LogP contribution in [0.25, 0.3) is 0 Å². The van der Waals surface area contributed by atoms with Gasteiger partial charge in [-0.1, -0.05) is 12.1 Å². The summed E-state index contributed by atoms with van der Waals surface area (Å²) in [6.07, 6.45) is 1.06. The second-order valence-corrected chi connectivity index (χ2v) is 7.51. The van der Waals surface area contributed by atoms with Crippen molar-refractivity contribution < 1.29 is 22.7 Å². The molecule has 1 heterocycles. The van der Waals surface area contributed by atoms with Crippen LogP contribution in [0.4, 0.5) is 5.69 Å². The Kier molecular flexibility index (Phi) is 4.54. The van der Waals surface area contributed by atoms with Crippen molar-refractivity contribution in [3.8, 4) is 11.5 Å². The van der Waals surface area contributed by atoms with Gasteiger partial charge in [0.15, 0.2) is 11.5 Å². The minimum Gasteiger partial charge on any atom is -0.454 e. The summed E-state index contributed by atoms with van der Waals surface area (Å²) in [5.74, 6) is 1.03. The van der Waals surface area contributed by atoms with Gasteiger partial charge in [-0.05, 0) is 42.8 Å². The Morgan fingerprint density at radius 2 is 1.88 bits per heavy atom. The van der Waals surface area contributed by atoms with Gasteiger partial charge >= 0.3 is 0 Å². The average molecular weight is 362 g/mol. The normalized spacial score (nSPS) is 14.0. The quantitative estimate of drug-likeness (QED) is 0.851. The van der Waals surface area contributed by atoms with Crippen LogP contribution in [0, 0.1) is 0 Å². The number of ether oxygens (including phenoxy) is 2. The van der Waals surface area contributed by atoms with Crippen LogP contribution in [-0.2, 0) is 10.0 Å². The van der Waals surface area contributed by atoms with Crippen molar-refractivity contribution in [1.29, 1.82) is 0 Å². The van der Waals surface area contributed by atoms with Gasteiger partial charge in [0, 0.05) is 11.3 Å². The summed E-state index contributed by atoms with van der Waals surface area (Å²) in [5, 5.41) is 2.88. The summed E-state index contributed by atoms with van der Waals surface area (Å²) in [4.78, 5) is 12.4. The molecule has 0 saturated heterocycles. The molecular weight excluding hydrogens is 344 g/mol. The lowest BCUT2D eigenvalue weighted by Gasteiger charge is -2.15. The fourth-order valence-electron chi connectivity index (χ4n) is 2.48. The number of benzene rings is 2. The number of carbonyl (C=O) groups excluding carboxylic acids is 1. The maximum absolute atomic E-state index is 12.4. The van der Waals surface area contributed by atoms with E-state index in [-0.39, 0.29) is 18.7 Å². The number of nitrogens with one attached hydrogen (secondary N) is 2. The zero-order valence-corrected chi connectivity index (χ0v) is 14.6. The number of anilines is 1. The van der Waals surface area contributed by atoms with Crippen molar-refractivity contribution in [2.75, 3.05) is 17.8 Å². The predicted molar refractivity (Wildman–Crippen MR) is 93.4 cm³/mol. The standard InChI is InChI=1S/C17H18N2O5S/c1-11(12-6-7-15-16(9-12)24-10-23-15)18-17(20)13-4-3-5-14(8-13)19-25(2,21)22/h3-9,11,19H,10H2,1-2H3,(H,18,20). The van der Waals surface area contributed by atoms with E-state index in [1.807, 2.05) is 19.1 Å². The minimum absolute atomic E-state index is 0.194. The number of carbonyl (C=O) groups is 1. The second-order valence-electron chi connectivity index (χ2n) is 5.76. The first-order chi connectivity index (χ1) is 11.8. The van der Waals surface area contributed by atoms with Crippen molar-refractivity contribution in [2.24, 2.45) is 0 Å². The van der Waals surface area contributed by atoms with Gasteiger partial charge in [-0.15, -0.1) is 0 Å². The van der Waals surface area contributed by atoms with E-state index in [0.29, 0.717) is 22.7 Å². The molecule has 1 aliphatic heterocycles. The topological polar surface area (TPSA) is 93.7 Å². The number of sulfonamides is 1. The van der Waals surface area contributed by atoms with E-state index in [4.69, 9.17) is 9.47 Å². The molecule has 0 bridgehead atoms. The smallest absolute Gasteiger partial charge is 0.251 e. The van der Waals surface area contributed by atoms with Crippen LogP contribution in [0.1, 0.15) is 28.9 Å². The average Bonchev–Trinajstić information content (AvgIpc) is 3.01. The highest BCUT2D eigenvalue weighted by atomic mass is 32.2. The Labute approximate surface area is 146 Å². The lowest BCUT2D eigenvalue weighted by molar-refractivity contribution is 0.0940. The van der Waals surface area contributed by atoms with Crippen LogP contribution in [0.3, 0.4) is 0 Å². The third-order valence-electron chi connectivity index (χ3n) is 3.67. The molecule has 0 aromatic heterocycles. The molecule has 3 rings (SSSR count). The zero-order valence-electron chi connectivity index (χ0n) is 13.8. The van der Waals surface area contributed by atoms with Gasteiger partial charge in [0.05, 0.1) is 12.3 Å². The van der Waals surface area contributed by atoms with Crippen LogP contribution in [0.2, 0.25) is 0 Å². The molecule has 1 amide bonds. The maximum atomic E-state index is 12.4. The lowest BCUT2D eigenvalue weighted by atomic mass is 10.1. The monoisotopic (exact) mass is 362 g/mol. The van der Waals surface area contributed by atoms with Gasteiger partial charge in [-0.3, -0.25) is 9.52 Å². The van der Waals surface area contributed by atoms with Crippen molar-refractivity contribution in [2.45, 2.75) is 13.0 Å². The summed E-state index contributed by atoms with van der Waals surface area (Å²) in [7, 11) is -3.40. The molecule has 1 atom stereocenters. The highest BCUT2D eigenvalue weighted by Gasteiger charge is 2.17. The third kappa shape index (κ3) is 4.21. The molecule has 1 aliphatic rings. The molecule has 7 nitrogen and oxygen atoms in total. The Morgan fingerprint density at radius 1 is 1.12 bits per heavy atom. The van der Waals surface area contributed by atoms with Gasteiger partial charge in [0.25, 0.3) is 5.91 Å². The van der Waals surface area contributed by atoms with Crippen molar-refractivity contribution in [1.82, 2.24) is 5.32 Å². The number of amides is 1. The van der Waals surface area contributed by atoms with Crippen LogP contribution < -0.4 is 19.5 Å². The molecule has 132 valence electrons. The summed E-state index contributed by atoms with van der Waals surface area (Å²) >= 11 is 0. The van der Waals surface area contributed by atoms with E-state index in [9.17, 15) is 13.2 Å². The largest absolute Gasteiger partial charge is 0.454 e. The first kappa shape index (κ1) is 17.1. The first-order valence-corrected chi connectivity index (χ1v) is 9.49. The number of hydrogen-bond donors (Lipinski definition) is 2. The molecule has 0 aliphatic carbocycles. The zero-order chi connectivity index (χ0) is 18.0. The molecule has 25 heavy (non-hydrogen) atoms.